The van der Waals surface area contributed by atoms with Gasteiger partial charge in [0, 0.05) is 31.1 Å². The number of likely N-dealkylation sites (N-methyl/N-ethyl adjacent to an activating group) is 1. The molecule has 6 heteroatoms. The number of nitrogens with zero attached hydrogens (tertiary/aromatic N) is 3. The third kappa shape index (κ3) is 3.06. The minimum Gasteiger partial charge on any atom is -0.364 e. The number of hydrogen-bond acceptors (Lipinski definition) is 5. The van der Waals surface area contributed by atoms with Crippen LogP contribution < -0.4 is 4.90 Å². The van der Waals surface area contributed by atoms with Gasteiger partial charge in [-0.1, -0.05) is 25.1 Å². The summed E-state index contributed by atoms with van der Waals surface area (Å²) in [5.74, 6) is -0.416. The Labute approximate surface area is 169 Å². The maximum absolute atomic E-state index is 13.5. The van der Waals surface area contributed by atoms with E-state index in [0.717, 1.165) is 48.7 Å². The summed E-state index contributed by atoms with van der Waals surface area (Å²) < 4.78 is 0. The zero-order valence-corrected chi connectivity index (χ0v) is 17.4. The molecule has 0 N–H and O–H groups in total. The van der Waals surface area contributed by atoms with Gasteiger partial charge in [0.1, 0.15) is 5.70 Å². The Morgan fingerprint density at radius 3 is 2.36 bits per heavy atom. The number of amides is 2. The standard InChI is InChI=1S/C22H25N3O2S/c1-4-23-10-12-24(13-11-23)20-19(18-9-6-14-28-18)21(26)25(22(20)27)17-8-5-7-15(2)16(17)3/h5-9,14H,4,10-13H2,1-3H3. The Hall–Kier alpha value is -2.44. The van der Waals surface area contributed by atoms with Crippen molar-refractivity contribution >= 4 is 34.4 Å². The molecule has 0 aliphatic carbocycles. The second kappa shape index (κ2) is 7.53. The van der Waals surface area contributed by atoms with E-state index in [4.69, 9.17) is 0 Å². The highest BCUT2D eigenvalue weighted by atomic mass is 32.1. The van der Waals surface area contributed by atoms with Crippen LogP contribution in [0.4, 0.5) is 5.69 Å². The average Bonchev–Trinajstić information content (AvgIpc) is 3.31. The first-order valence-electron chi connectivity index (χ1n) is 9.73. The second-order valence-electron chi connectivity index (χ2n) is 7.29. The van der Waals surface area contributed by atoms with Crippen LogP contribution in [0.25, 0.3) is 5.57 Å². The van der Waals surface area contributed by atoms with Crippen LogP contribution >= 0.6 is 11.3 Å². The first-order chi connectivity index (χ1) is 13.5. The summed E-state index contributed by atoms with van der Waals surface area (Å²) in [6.07, 6.45) is 0. The Morgan fingerprint density at radius 2 is 1.71 bits per heavy atom. The molecular weight excluding hydrogens is 370 g/mol. The topological polar surface area (TPSA) is 43.9 Å². The number of anilines is 1. The Bertz CT molecular complexity index is 941. The van der Waals surface area contributed by atoms with Crippen LogP contribution in [0.3, 0.4) is 0 Å². The SMILES string of the molecule is CCN1CCN(C2=C(c3cccs3)C(=O)N(c3cccc(C)c3C)C2=O)CC1. The predicted octanol–water partition coefficient (Wildman–Crippen LogP) is 3.29. The number of aryl methyl sites for hydroxylation is 1. The van der Waals surface area contributed by atoms with Gasteiger partial charge in [0.25, 0.3) is 11.8 Å². The zero-order chi connectivity index (χ0) is 19.8. The maximum Gasteiger partial charge on any atom is 0.282 e. The van der Waals surface area contributed by atoms with Gasteiger partial charge in [-0.3, -0.25) is 9.59 Å². The monoisotopic (exact) mass is 395 g/mol. The van der Waals surface area contributed by atoms with Gasteiger partial charge in [-0.2, -0.15) is 0 Å². The van der Waals surface area contributed by atoms with Gasteiger partial charge in [-0.15, -0.1) is 11.3 Å². The molecule has 1 saturated heterocycles. The van der Waals surface area contributed by atoms with E-state index >= 15 is 0 Å². The van der Waals surface area contributed by atoms with E-state index in [1.54, 1.807) is 0 Å². The van der Waals surface area contributed by atoms with Crippen LogP contribution in [-0.2, 0) is 9.59 Å². The molecule has 146 valence electrons. The van der Waals surface area contributed by atoms with Gasteiger partial charge in [0.15, 0.2) is 0 Å². The number of imide groups is 1. The molecule has 2 aliphatic heterocycles. The molecule has 1 aromatic carbocycles. The molecule has 4 rings (SSSR count). The minimum atomic E-state index is -0.214. The molecular formula is C22H25N3O2S. The van der Waals surface area contributed by atoms with Crippen LogP contribution in [-0.4, -0.2) is 54.3 Å². The number of thiophene rings is 1. The zero-order valence-electron chi connectivity index (χ0n) is 16.6. The van der Waals surface area contributed by atoms with Gasteiger partial charge < -0.3 is 9.80 Å². The fraction of sp³-hybridized carbons (Fsp3) is 0.364. The number of carbonyl (C=O) groups is 2. The summed E-state index contributed by atoms with van der Waals surface area (Å²) in [4.78, 5) is 33.7. The van der Waals surface area contributed by atoms with Gasteiger partial charge in [0.05, 0.1) is 11.3 Å². The molecule has 28 heavy (non-hydrogen) atoms. The Morgan fingerprint density at radius 1 is 0.964 bits per heavy atom. The third-order valence-corrected chi connectivity index (χ3v) is 6.67. The van der Waals surface area contributed by atoms with E-state index in [2.05, 4.69) is 16.7 Å². The van der Waals surface area contributed by atoms with Gasteiger partial charge in [-0.25, -0.2) is 4.90 Å². The molecule has 0 radical (unpaired) electrons. The first-order valence-corrected chi connectivity index (χ1v) is 10.6. The number of benzene rings is 1. The largest absolute Gasteiger partial charge is 0.364 e. The summed E-state index contributed by atoms with van der Waals surface area (Å²) in [6, 6.07) is 9.63. The fourth-order valence-electron chi connectivity index (χ4n) is 3.94. The number of rotatable bonds is 4. The lowest BCUT2D eigenvalue weighted by atomic mass is 10.1. The van der Waals surface area contributed by atoms with E-state index in [-0.39, 0.29) is 11.8 Å². The average molecular weight is 396 g/mol. The molecule has 0 bridgehead atoms. The predicted molar refractivity (Wildman–Crippen MR) is 113 cm³/mol. The van der Waals surface area contributed by atoms with Gasteiger partial charge in [0.2, 0.25) is 0 Å². The third-order valence-electron chi connectivity index (χ3n) is 5.78. The highest BCUT2D eigenvalue weighted by Crippen LogP contribution is 2.38. The molecule has 2 aromatic rings. The smallest absolute Gasteiger partial charge is 0.282 e. The Kier molecular flexibility index (Phi) is 5.08. The van der Waals surface area contributed by atoms with Crippen molar-refractivity contribution in [2.75, 3.05) is 37.6 Å². The van der Waals surface area contributed by atoms with E-state index in [1.165, 1.54) is 16.2 Å². The number of carbonyl (C=O) groups excluding carboxylic acids is 2. The van der Waals surface area contributed by atoms with Crippen LogP contribution in [0.5, 0.6) is 0 Å². The normalized spacial score (nSPS) is 18.5. The summed E-state index contributed by atoms with van der Waals surface area (Å²) >= 11 is 1.51. The summed E-state index contributed by atoms with van der Waals surface area (Å²) in [5, 5.41) is 1.95. The van der Waals surface area contributed by atoms with Crippen molar-refractivity contribution in [1.82, 2.24) is 9.80 Å². The molecule has 0 saturated carbocycles. The lowest BCUT2D eigenvalue weighted by molar-refractivity contribution is -0.120. The summed E-state index contributed by atoms with van der Waals surface area (Å²) in [7, 11) is 0. The van der Waals surface area contributed by atoms with E-state index in [1.807, 2.05) is 49.6 Å². The van der Waals surface area contributed by atoms with Crippen molar-refractivity contribution in [1.29, 1.82) is 0 Å². The highest BCUT2D eigenvalue weighted by molar-refractivity contribution is 7.11. The van der Waals surface area contributed by atoms with Crippen LogP contribution in [0.1, 0.15) is 22.9 Å². The molecule has 1 aromatic heterocycles. The van der Waals surface area contributed by atoms with E-state index in [9.17, 15) is 9.59 Å². The summed E-state index contributed by atoms with van der Waals surface area (Å²) in [6.45, 7) is 10.5. The van der Waals surface area contributed by atoms with Crippen molar-refractivity contribution in [2.45, 2.75) is 20.8 Å². The summed E-state index contributed by atoms with van der Waals surface area (Å²) in [5.41, 5.74) is 3.83. The van der Waals surface area contributed by atoms with Crippen molar-refractivity contribution in [3.8, 4) is 0 Å². The quantitative estimate of drug-likeness (QED) is 0.745. The molecule has 0 atom stereocenters. The van der Waals surface area contributed by atoms with E-state index in [0.29, 0.717) is 17.0 Å². The van der Waals surface area contributed by atoms with Crippen molar-refractivity contribution in [3.05, 3.63) is 57.4 Å². The maximum atomic E-state index is 13.5. The van der Waals surface area contributed by atoms with Crippen molar-refractivity contribution in [2.24, 2.45) is 0 Å². The lowest BCUT2D eigenvalue weighted by Crippen LogP contribution is -2.47. The van der Waals surface area contributed by atoms with E-state index < -0.39 is 0 Å². The van der Waals surface area contributed by atoms with Crippen LogP contribution in [0, 0.1) is 13.8 Å². The fourth-order valence-corrected chi connectivity index (χ4v) is 4.70. The van der Waals surface area contributed by atoms with Crippen molar-refractivity contribution in [3.63, 3.8) is 0 Å². The molecule has 2 aliphatic rings. The highest BCUT2D eigenvalue weighted by Gasteiger charge is 2.43. The Balaban J connectivity index is 1.78. The lowest BCUT2D eigenvalue weighted by Gasteiger charge is -2.35. The van der Waals surface area contributed by atoms with Gasteiger partial charge >= 0.3 is 0 Å². The van der Waals surface area contributed by atoms with Crippen LogP contribution in [0.15, 0.2) is 41.4 Å². The minimum absolute atomic E-state index is 0.202. The molecule has 0 spiro atoms. The molecule has 2 amide bonds. The van der Waals surface area contributed by atoms with Crippen molar-refractivity contribution < 1.29 is 9.59 Å². The second-order valence-corrected chi connectivity index (χ2v) is 8.23. The number of hydrogen-bond donors (Lipinski definition) is 0. The molecule has 5 nitrogen and oxygen atoms in total. The van der Waals surface area contributed by atoms with Gasteiger partial charge in [-0.05, 0) is 49.0 Å². The van der Waals surface area contributed by atoms with Crippen LogP contribution in [0.2, 0.25) is 0 Å². The molecule has 0 unspecified atom stereocenters. The number of piperazine rings is 1. The first kappa shape index (κ1) is 18.9. The molecule has 1 fully saturated rings. The molecule has 3 heterocycles.